The van der Waals surface area contributed by atoms with Crippen LogP contribution in [0.4, 0.5) is 5.69 Å². The van der Waals surface area contributed by atoms with Gasteiger partial charge in [0.1, 0.15) is 5.75 Å². The van der Waals surface area contributed by atoms with Gasteiger partial charge in [0.25, 0.3) is 5.69 Å². The monoisotopic (exact) mass is 503 g/mol. The Bertz CT molecular complexity index is 1150. The van der Waals surface area contributed by atoms with E-state index in [1.54, 1.807) is 60.7 Å². The van der Waals surface area contributed by atoms with Gasteiger partial charge < -0.3 is 9.47 Å². The van der Waals surface area contributed by atoms with E-state index in [0.29, 0.717) is 23.5 Å². The minimum absolute atomic E-state index is 0.0251. The molecule has 0 unspecified atom stereocenters. The fraction of sp³-hybridized carbons (Fsp3) is 0.333. The lowest BCUT2D eigenvalue weighted by molar-refractivity contribution is -0.384. The Balaban J connectivity index is 1.43. The van der Waals surface area contributed by atoms with E-state index < -0.39 is 16.9 Å². The van der Waals surface area contributed by atoms with Crippen molar-refractivity contribution < 1.29 is 24.0 Å². The molecule has 0 radical (unpaired) electrons. The number of esters is 2. The third-order valence-electron chi connectivity index (χ3n) is 6.06. The topological polar surface area (TPSA) is 95.7 Å². The molecule has 7 heteroatoms. The van der Waals surface area contributed by atoms with Gasteiger partial charge in [-0.05, 0) is 66.1 Å². The van der Waals surface area contributed by atoms with Crippen LogP contribution in [0.15, 0.2) is 72.8 Å². The van der Waals surface area contributed by atoms with Crippen molar-refractivity contribution in [1.82, 2.24) is 0 Å². The average molecular weight is 504 g/mol. The quantitative estimate of drug-likeness (QED) is 0.0733. The van der Waals surface area contributed by atoms with Gasteiger partial charge >= 0.3 is 11.9 Å². The molecule has 0 aromatic heterocycles. The predicted molar refractivity (Wildman–Crippen MR) is 143 cm³/mol. The first-order chi connectivity index (χ1) is 18.0. The number of carbonyl (C=O) groups is 2. The molecule has 0 heterocycles. The molecule has 3 aromatic rings. The number of rotatable bonds is 14. The van der Waals surface area contributed by atoms with Crippen molar-refractivity contribution in [3.05, 3.63) is 94.0 Å². The van der Waals surface area contributed by atoms with Gasteiger partial charge in [0.15, 0.2) is 0 Å². The molecule has 0 spiro atoms. The SMILES string of the molecule is CCCCCCCCCCOC(=O)c1ccc(C(=O)Oc2ccc(-c3ccc([N+](=O)[O-])cc3)cc2)cc1. The number of benzene rings is 3. The lowest BCUT2D eigenvalue weighted by atomic mass is 10.1. The molecule has 0 atom stereocenters. The molecule has 0 aliphatic rings. The van der Waals surface area contributed by atoms with Gasteiger partial charge in [-0.3, -0.25) is 10.1 Å². The molecule has 194 valence electrons. The van der Waals surface area contributed by atoms with E-state index in [1.807, 2.05) is 0 Å². The summed E-state index contributed by atoms with van der Waals surface area (Å²) in [7, 11) is 0. The second-order valence-corrected chi connectivity index (χ2v) is 8.91. The smallest absolute Gasteiger partial charge is 0.343 e. The van der Waals surface area contributed by atoms with Crippen LogP contribution in [0.1, 0.15) is 79.0 Å². The Morgan fingerprint density at radius 1 is 0.676 bits per heavy atom. The van der Waals surface area contributed by atoms with Crippen molar-refractivity contribution in [3.63, 3.8) is 0 Å². The van der Waals surface area contributed by atoms with E-state index in [-0.39, 0.29) is 5.69 Å². The van der Waals surface area contributed by atoms with Gasteiger partial charge in [0, 0.05) is 12.1 Å². The molecule has 0 aliphatic heterocycles. The summed E-state index contributed by atoms with van der Waals surface area (Å²) in [5, 5.41) is 10.8. The van der Waals surface area contributed by atoms with Crippen molar-refractivity contribution in [2.75, 3.05) is 6.61 Å². The third-order valence-corrected chi connectivity index (χ3v) is 6.06. The van der Waals surface area contributed by atoms with Crippen LogP contribution in [0.2, 0.25) is 0 Å². The number of unbranched alkanes of at least 4 members (excludes halogenated alkanes) is 7. The molecule has 3 aromatic carbocycles. The van der Waals surface area contributed by atoms with E-state index in [9.17, 15) is 19.7 Å². The first-order valence-corrected chi connectivity index (χ1v) is 12.8. The molecule has 0 bridgehead atoms. The number of hydrogen-bond acceptors (Lipinski definition) is 6. The molecule has 0 fully saturated rings. The second kappa shape index (κ2) is 14.5. The zero-order chi connectivity index (χ0) is 26.5. The van der Waals surface area contributed by atoms with Gasteiger partial charge in [0.2, 0.25) is 0 Å². The third kappa shape index (κ3) is 8.86. The van der Waals surface area contributed by atoms with Crippen LogP contribution < -0.4 is 4.74 Å². The lowest BCUT2D eigenvalue weighted by Gasteiger charge is -2.08. The number of carbonyl (C=O) groups excluding carboxylic acids is 2. The van der Waals surface area contributed by atoms with E-state index in [1.165, 1.54) is 44.2 Å². The molecule has 37 heavy (non-hydrogen) atoms. The van der Waals surface area contributed by atoms with Crippen LogP contribution in [0.25, 0.3) is 11.1 Å². The van der Waals surface area contributed by atoms with E-state index >= 15 is 0 Å². The number of nitro benzene ring substituents is 1. The summed E-state index contributed by atoms with van der Waals surface area (Å²) in [5.74, 6) is -0.573. The molecular weight excluding hydrogens is 470 g/mol. The number of nitro groups is 1. The highest BCUT2D eigenvalue weighted by Crippen LogP contribution is 2.25. The zero-order valence-electron chi connectivity index (χ0n) is 21.2. The van der Waals surface area contributed by atoms with Crippen molar-refractivity contribution in [1.29, 1.82) is 0 Å². The average Bonchev–Trinajstić information content (AvgIpc) is 2.92. The molecule has 0 aliphatic carbocycles. The maximum Gasteiger partial charge on any atom is 0.343 e. The van der Waals surface area contributed by atoms with Crippen LogP contribution in [-0.2, 0) is 4.74 Å². The normalized spacial score (nSPS) is 10.6. The maximum atomic E-state index is 12.5. The van der Waals surface area contributed by atoms with Gasteiger partial charge in [-0.2, -0.15) is 0 Å². The molecule has 7 nitrogen and oxygen atoms in total. The number of hydrogen-bond donors (Lipinski definition) is 0. The van der Waals surface area contributed by atoms with Crippen LogP contribution in [0.5, 0.6) is 5.75 Å². The summed E-state index contributed by atoms with van der Waals surface area (Å²) in [6.07, 6.45) is 9.42. The number of nitrogens with zero attached hydrogens (tertiary/aromatic N) is 1. The minimum atomic E-state index is -0.540. The summed E-state index contributed by atoms with van der Waals surface area (Å²) in [6, 6.07) is 19.3. The Labute approximate surface area is 217 Å². The fourth-order valence-electron chi connectivity index (χ4n) is 3.88. The lowest BCUT2D eigenvalue weighted by Crippen LogP contribution is -2.10. The van der Waals surface area contributed by atoms with Gasteiger partial charge in [-0.25, -0.2) is 9.59 Å². The van der Waals surface area contributed by atoms with Gasteiger partial charge in [0.05, 0.1) is 22.7 Å². The van der Waals surface area contributed by atoms with E-state index in [0.717, 1.165) is 30.4 Å². The van der Waals surface area contributed by atoms with Crippen LogP contribution >= 0.6 is 0 Å². The Morgan fingerprint density at radius 2 is 1.16 bits per heavy atom. The molecule has 0 saturated carbocycles. The predicted octanol–water partition coefficient (Wildman–Crippen LogP) is 7.78. The van der Waals surface area contributed by atoms with Crippen molar-refractivity contribution in [3.8, 4) is 16.9 Å². The first kappa shape index (κ1) is 27.6. The Hall–Kier alpha value is -4.00. The van der Waals surface area contributed by atoms with Crippen LogP contribution in [-0.4, -0.2) is 23.5 Å². The van der Waals surface area contributed by atoms with Gasteiger partial charge in [-0.1, -0.05) is 64.0 Å². The summed E-state index contributed by atoms with van der Waals surface area (Å²) < 4.78 is 10.8. The fourth-order valence-corrected chi connectivity index (χ4v) is 3.88. The minimum Gasteiger partial charge on any atom is -0.462 e. The van der Waals surface area contributed by atoms with Crippen molar-refractivity contribution in [2.24, 2.45) is 0 Å². The van der Waals surface area contributed by atoms with Crippen LogP contribution in [0, 0.1) is 10.1 Å². The molecule has 0 amide bonds. The summed E-state index contributed by atoms with van der Waals surface area (Å²) >= 11 is 0. The maximum absolute atomic E-state index is 12.5. The van der Waals surface area contributed by atoms with Gasteiger partial charge in [-0.15, -0.1) is 0 Å². The number of non-ortho nitro benzene ring substituents is 1. The Kier molecular flexibility index (Phi) is 10.8. The standard InChI is InChI=1S/C30H33NO6/c1-2-3-4-5-6-7-8-9-22-36-29(32)25-10-12-26(13-11-25)30(33)37-28-20-16-24(17-21-28)23-14-18-27(19-15-23)31(34)35/h10-21H,2-9,22H2,1H3. The highest BCUT2D eigenvalue weighted by Gasteiger charge is 2.12. The largest absolute Gasteiger partial charge is 0.462 e. The summed E-state index contributed by atoms with van der Waals surface area (Å²) in [6.45, 7) is 2.61. The van der Waals surface area contributed by atoms with E-state index in [4.69, 9.17) is 9.47 Å². The first-order valence-electron chi connectivity index (χ1n) is 12.8. The van der Waals surface area contributed by atoms with Crippen molar-refractivity contribution >= 4 is 17.6 Å². The molecule has 0 saturated heterocycles. The zero-order valence-corrected chi connectivity index (χ0v) is 21.2. The van der Waals surface area contributed by atoms with Crippen molar-refractivity contribution in [2.45, 2.75) is 58.3 Å². The highest BCUT2D eigenvalue weighted by molar-refractivity contribution is 5.94. The Morgan fingerprint density at radius 3 is 1.70 bits per heavy atom. The highest BCUT2D eigenvalue weighted by atomic mass is 16.6. The second-order valence-electron chi connectivity index (χ2n) is 8.91. The number of ether oxygens (including phenoxy) is 2. The summed E-state index contributed by atoms with van der Waals surface area (Å²) in [4.78, 5) is 35.1. The van der Waals surface area contributed by atoms with E-state index in [2.05, 4.69) is 6.92 Å². The van der Waals surface area contributed by atoms with Crippen LogP contribution in [0.3, 0.4) is 0 Å². The molecular formula is C30H33NO6. The molecule has 0 N–H and O–H groups in total. The molecule has 3 rings (SSSR count). The summed E-state index contributed by atoms with van der Waals surface area (Å²) in [5.41, 5.74) is 2.39.